The molecule has 3 N–H and O–H groups in total. The van der Waals surface area contributed by atoms with Crippen LogP contribution in [0.3, 0.4) is 0 Å². The third-order valence-corrected chi connectivity index (χ3v) is 3.87. The number of halogens is 1. The van der Waals surface area contributed by atoms with Crippen LogP contribution < -0.4 is 23.0 Å². The quantitative estimate of drug-likeness (QED) is 0.652. The highest BCUT2D eigenvalue weighted by Gasteiger charge is 2.34. The molecule has 1 aromatic carbocycles. The second-order valence-electron chi connectivity index (χ2n) is 4.67. The van der Waals surface area contributed by atoms with Gasteiger partial charge in [-0.25, -0.2) is 0 Å². The van der Waals surface area contributed by atoms with Gasteiger partial charge in [-0.2, -0.15) is 0 Å². The first-order chi connectivity index (χ1) is 9.52. The fourth-order valence-electron chi connectivity index (χ4n) is 1.87. The van der Waals surface area contributed by atoms with Crippen molar-refractivity contribution in [3.8, 4) is 0 Å². The van der Waals surface area contributed by atoms with Crippen LogP contribution in [0.5, 0.6) is 0 Å². The molecule has 0 aliphatic carbocycles. The smallest absolute Gasteiger partial charge is 0.293 e. The molecule has 1 aliphatic rings. The summed E-state index contributed by atoms with van der Waals surface area (Å²) in [6.07, 6.45) is 1.76. The van der Waals surface area contributed by atoms with Crippen LogP contribution in [0.4, 0.5) is 10.5 Å². The number of quaternary nitrogens is 1. The molecular weight excluding hydrogens is 310 g/mol. The van der Waals surface area contributed by atoms with Gasteiger partial charge in [0.05, 0.1) is 18.0 Å². The lowest BCUT2D eigenvalue weighted by Crippen LogP contribution is -3.00. The van der Waals surface area contributed by atoms with Gasteiger partial charge >= 0.3 is 0 Å². The minimum absolute atomic E-state index is 0. The molecule has 1 saturated heterocycles. The Kier molecular flexibility index (Phi) is 6.26. The Bertz CT molecular complexity index is 558. The molecule has 0 atom stereocenters. The van der Waals surface area contributed by atoms with Crippen LogP contribution >= 0.6 is 11.8 Å². The van der Waals surface area contributed by atoms with E-state index in [2.05, 4.69) is 5.73 Å². The van der Waals surface area contributed by atoms with Gasteiger partial charge in [0.25, 0.3) is 11.1 Å². The van der Waals surface area contributed by atoms with Gasteiger partial charge in [-0.05, 0) is 35.5 Å². The summed E-state index contributed by atoms with van der Waals surface area (Å²) in [5.74, 6) is -0.222. The molecule has 1 heterocycles. The zero-order chi connectivity index (χ0) is 14.7. The van der Waals surface area contributed by atoms with Gasteiger partial charge in [-0.15, -0.1) is 0 Å². The predicted molar refractivity (Wildman–Crippen MR) is 81.2 cm³/mol. The molecular formula is C14H18ClN3O2S. The SMILES string of the molecule is CN(C)c1ccc(C=C2SC(=O)N(CC[NH3+])C2=O)cc1.[Cl-]. The molecule has 0 unspecified atom stereocenters. The molecule has 114 valence electrons. The molecule has 1 aromatic rings. The van der Waals surface area contributed by atoms with E-state index < -0.39 is 0 Å². The van der Waals surface area contributed by atoms with E-state index in [0.717, 1.165) is 23.0 Å². The Morgan fingerprint density at radius 3 is 2.38 bits per heavy atom. The zero-order valence-corrected chi connectivity index (χ0v) is 13.6. The van der Waals surface area contributed by atoms with E-state index in [1.165, 1.54) is 4.90 Å². The zero-order valence-electron chi connectivity index (χ0n) is 12.0. The number of anilines is 1. The number of rotatable bonds is 4. The first kappa shape index (κ1) is 17.6. The second kappa shape index (κ2) is 7.49. The monoisotopic (exact) mass is 327 g/mol. The third kappa shape index (κ3) is 4.00. The molecule has 5 nitrogen and oxygen atoms in total. The van der Waals surface area contributed by atoms with E-state index >= 15 is 0 Å². The summed E-state index contributed by atoms with van der Waals surface area (Å²) in [4.78, 5) is 27.5. The minimum Gasteiger partial charge on any atom is -1.00 e. The summed E-state index contributed by atoms with van der Waals surface area (Å²) >= 11 is 0.987. The van der Waals surface area contributed by atoms with E-state index in [1.54, 1.807) is 6.08 Å². The number of nitrogens with zero attached hydrogens (tertiary/aromatic N) is 2. The first-order valence-corrected chi connectivity index (χ1v) is 7.16. The van der Waals surface area contributed by atoms with Crippen molar-refractivity contribution in [1.29, 1.82) is 0 Å². The van der Waals surface area contributed by atoms with E-state index in [0.29, 0.717) is 18.0 Å². The standard InChI is InChI=1S/C14H17N3O2S.ClH/c1-16(2)11-5-3-10(4-6-11)9-12-13(18)17(8-7-15)14(19)20-12;/h3-6,9H,7-8,15H2,1-2H3;1H. The number of carbonyl (C=O) groups excluding carboxylic acids is 2. The van der Waals surface area contributed by atoms with Gasteiger partial charge in [0.1, 0.15) is 0 Å². The van der Waals surface area contributed by atoms with Crippen LogP contribution in [0, 0.1) is 0 Å². The molecule has 0 aromatic heterocycles. The molecule has 2 amide bonds. The Morgan fingerprint density at radius 1 is 1.24 bits per heavy atom. The molecule has 1 fully saturated rings. The Morgan fingerprint density at radius 2 is 1.86 bits per heavy atom. The maximum absolute atomic E-state index is 12.1. The summed E-state index contributed by atoms with van der Waals surface area (Å²) < 4.78 is 0. The maximum atomic E-state index is 12.1. The molecule has 2 rings (SSSR count). The summed E-state index contributed by atoms with van der Waals surface area (Å²) in [5, 5.41) is -0.213. The maximum Gasteiger partial charge on any atom is 0.293 e. The fourth-order valence-corrected chi connectivity index (χ4v) is 2.74. The van der Waals surface area contributed by atoms with Gasteiger partial charge in [0.15, 0.2) is 0 Å². The van der Waals surface area contributed by atoms with Gasteiger partial charge in [0.2, 0.25) is 0 Å². The van der Waals surface area contributed by atoms with Crippen molar-refractivity contribution in [3.63, 3.8) is 0 Å². The normalized spacial score (nSPS) is 16.3. The van der Waals surface area contributed by atoms with Crippen LogP contribution in [0.15, 0.2) is 29.2 Å². The Hall–Kier alpha value is -1.50. The molecule has 21 heavy (non-hydrogen) atoms. The van der Waals surface area contributed by atoms with E-state index in [9.17, 15) is 9.59 Å². The summed E-state index contributed by atoms with van der Waals surface area (Å²) in [5.41, 5.74) is 5.68. The Labute approximate surface area is 134 Å². The lowest BCUT2D eigenvalue weighted by molar-refractivity contribution is -0.367. The topological polar surface area (TPSA) is 68.3 Å². The number of benzene rings is 1. The largest absolute Gasteiger partial charge is 1.00 e. The molecule has 0 radical (unpaired) electrons. The fraction of sp³-hybridized carbons (Fsp3) is 0.286. The lowest BCUT2D eigenvalue weighted by Gasteiger charge is -2.11. The van der Waals surface area contributed by atoms with E-state index in [-0.39, 0.29) is 23.6 Å². The summed E-state index contributed by atoms with van der Waals surface area (Å²) in [6.45, 7) is 0.907. The van der Waals surface area contributed by atoms with Crippen molar-refractivity contribution in [2.75, 3.05) is 32.1 Å². The minimum atomic E-state index is -0.222. The van der Waals surface area contributed by atoms with Gasteiger partial charge in [-0.3, -0.25) is 14.5 Å². The molecule has 1 aliphatic heterocycles. The first-order valence-electron chi connectivity index (χ1n) is 6.35. The molecule has 7 heteroatoms. The number of hydrogen-bond donors (Lipinski definition) is 1. The van der Waals surface area contributed by atoms with Crippen molar-refractivity contribution < 1.29 is 27.7 Å². The van der Waals surface area contributed by atoms with E-state index in [1.807, 2.05) is 43.3 Å². The van der Waals surface area contributed by atoms with Crippen molar-refractivity contribution in [2.24, 2.45) is 0 Å². The molecule has 0 bridgehead atoms. The van der Waals surface area contributed by atoms with Crippen LogP contribution in [0.2, 0.25) is 0 Å². The number of amides is 2. The lowest BCUT2D eigenvalue weighted by atomic mass is 10.2. The number of imide groups is 1. The van der Waals surface area contributed by atoms with Gasteiger partial charge in [0, 0.05) is 19.8 Å². The summed E-state index contributed by atoms with van der Waals surface area (Å²) in [7, 11) is 3.94. The highest BCUT2D eigenvalue weighted by atomic mass is 35.5. The van der Waals surface area contributed by atoms with Gasteiger partial charge < -0.3 is 23.0 Å². The van der Waals surface area contributed by atoms with Crippen LogP contribution in [-0.4, -0.2) is 43.2 Å². The number of carbonyl (C=O) groups is 2. The number of thioether (sulfide) groups is 1. The highest BCUT2D eigenvalue weighted by Crippen LogP contribution is 2.31. The summed E-state index contributed by atoms with van der Waals surface area (Å²) in [6, 6.07) is 7.83. The van der Waals surface area contributed by atoms with Crippen LogP contribution in [0.25, 0.3) is 6.08 Å². The average molecular weight is 328 g/mol. The van der Waals surface area contributed by atoms with E-state index in [4.69, 9.17) is 0 Å². The second-order valence-corrected chi connectivity index (χ2v) is 5.67. The van der Waals surface area contributed by atoms with Crippen molar-refractivity contribution in [1.82, 2.24) is 4.90 Å². The predicted octanol–water partition coefficient (Wildman–Crippen LogP) is -1.97. The highest BCUT2D eigenvalue weighted by molar-refractivity contribution is 8.18. The van der Waals surface area contributed by atoms with Crippen LogP contribution in [0.1, 0.15) is 5.56 Å². The molecule has 0 saturated carbocycles. The molecule has 0 spiro atoms. The third-order valence-electron chi connectivity index (χ3n) is 2.96. The van der Waals surface area contributed by atoms with Gasteiger partial charge in [-0.1, -0.05) is 12.1 Å². The van der Waals surface area contributed by atoms with Crippen molar-refractivity contribution >= 4 is 34.7 Å². The van der Waals surface area contributed by atoms with Crippen molar-refractivity contribution in [2.45, 2.75) is 0 Å². The number of hydrogen-bond acceptors (Lipinski definition) is 4. The average Bonchev–Trinajstić information content (AvgIpc) is 2.67. The Balaban J connectivity index is 0.00000220. The van der Waals surface area contributed by atoms with Crippen LogP contribution in [-0.2, 0) is 4.79 Å². The van der Waals surface area contributed by atoms with Crippen molar-refractivity contribution in [3.05, 3.63) is 34.7 Å².